The Labute approximate surface area is 119 Å². The van der Waals surface area contributed by atoms with Crippen LogP contribution < -0.4 is 0 Å². The molecular weight excluding hydrogens is 254 g/mol. The lowest BCUT2D eigenvalue weighted by atomic mass is 10.1. The fourth-order valence-electron chi connectivity index (χ4n) is 2.50. The van der Waals surface area contributed by atoms with Gasteiger partial charge in [0.15, 0.2) is 0 Å². The Kier molecular flexibility index (Phi) is 5.10. The molecular formula is C15H19N3O2. The predicted octanol–water partition coefficient (Wildman–Crippen LogP) is 1.34. The van der Waals surface area contributed by atoms with Gasteiger partial charge in [-0.25, -0.2) is 0 Å². The van der Waals surface area contributed by atoms with Gasteiger partial charge in [0.25, 0.3) is 0 Å². The third-order valence-corrected chi connectivity index (χ3v) is 3.65. The highest BCUT2D eigenvalue weighted by atomic mass is 16.4. The van der Waals surface area contributed by atoms with E-state index in [0.29, 0.717) is 6.54 Å². The van der Waals surface area contributed by atoms with Gasteiger partial charge in [0.1, 0.15) is 6.04 Å². The molecule has 1 unspecified atom stereocenters. The van der Waals surface area contributed by atoms with Gasteiger partial charge in [-0.3, -0.25) is 9.69 Å². The first kappa shape index (κ1) is 14.5. The molecule has 1 aromatic rings. The monoisotopic (exact) mass is 273 g/mol. The van der Waals surface area contributed by atoms with Crippen LogP contribution in [0.3, 0.4) is 0 Å². The molecule has 1 aliphatic rings. The molecule has 0 aromatic heterocycles. The average molecular weight is 273 g/mol. The number of carboxylic acids is 1. The van der Waals surface area contributed by atoms with E-state index >= 15 is 0 Å². The van der Waals surface area contributed by atoms with Gasteiger partial charge >= 0.3 is 5.97 Å². The molecule has 20 heavy (non-hydrogen) atoms. The minimum Gasteiger partial charge on any atom is -0.481 e. The van der Waals surface area contributed by atoms with Gasteiger partial charge in [-0.15, -0.1) is 0 Å². The second-order valence-electron chi connectivity index (χ2n) is 4.96. The van der Waals surface area contributed by atoms with Crippen LogP contribution in [0.4, 0.5) is 0 Å². The standard InChI is InChI=1S/C15H19N3O2/c16-12-14(13-4-2-1-3-5-13)18-10-8-17(9-11-18)7-6-15(19)20/h1-5,14H,6-11H2,(H,19,20). The molecule has 106 valence electrons. The minimum atomic E-state index is -0.758. The Balaban J connectivity index is 1.89. The molecule has 5 heteroatoms. The summed E-state index contributed by atoms with van der Waals surface area (Å²) in [6.07, 6.45) is 0.181. The molecule has 0 radical (unpaired) electrons. The van der Waals surface area contributed by atoms with Crippen molar-refractivity contribution in [1.82, 2.24) is 9.80 Å². The van der Waals surface area contributed by atoms with E-state index in [4.69, 9.17) is 5.11 Å². The molecule has 2 rings (SSSR count). The molecule has 0 aliphatic carbocycles. The first-order chi connectivity index (χ1) is 9.70. The van der Waals surface area contributed by atoms with Crippen LogP contribution in [0.2, 0.25) is 0 Å². The number of rotatable bonds is 5. The summed E-state index contributed by atoms with van der Waals surface area (Å²) in [7, 11) is 0. The normalized spacial score (nSPS) is 18.4. The number of carbonyl (C=O) groups is 1. The largest absolute Gasteiger partial charge is 0.481 e. The predicted molar refractivity (Wildman–Crippen MR) is 75.1 cm³/mol. The third-order valence-electron chi connectivity index (χ3n) is 3.65. The Morgan fingerprint density at radius 1 is 1.25 bits per heavy atom. The average Bonchev–Trinajstić information content (AvgIpc) is 2.48. The summed E-state index contributed by atoms with van der Waals surface area (Å²) < 4.78 is 0. The van der Waals surface area contributed by atoms with E-state index in [0.717, 1.165) is 31.7 Å². The molecule has 1 atom stereocenters. The van der Waals surface area contributed by atoms with E-state index in [2.05, 4.69) is 15.9 Å². The fraction of sp³-hybridized carbons (Fsp3) is 0.467. The fourth-order valence-corrected chi connectivity index (χ4v) is 2.50. The van der Waals surface area contributed by atoms with Crippen LogP contribution >= 0.6 is 0 Å². The highest BCUT2D eigenvalue weighted by Gasteiger charge is 2.24. The van der Waals surface area contributed by atoms with E-state index in [1.54, 1.807) is 0 Å². The summed E-state index contributed by atoms with van der Waals surface area (Å²) in [5.41, 5.74) is 1.02. The number of aliphatic carboxylic acids is 1. The first-order valence-corrected chi connectivity index (χ1v) is 6.83. The van der Waals surface area contributed by atoms with E-state index in [-0.39, 0.29) is 12.5 Å². The van der Waals surface area contributed by atoms with Crippen molar-refractivity contribution in [2.75, 3.05) is 32.7 Å². The number of piperazine rings is 1. The van der Waals surface area contributed by atoms with Crippen LogP contribution in [-0.2, 0) is 4.79 Å². The smallest absolute Gasteiger partial charge is 0.304 e. The SMILES string of the molecule is N#CC(c1ccccc1)N1CCN(CCC(=O)O)CC1. The molecule has 0 saturated carbocycles. The Bertz CT molecular complexity index is 476. The number of hydrogen-bond donors (Lipinski definition) is 1. The van der Waals surface area contributed by atoms with Crippen molar-refractivity contribution >= 4 is 5.97 Å². The lowest BCUT2D eigenvalue weighted by Gasteiger charge is -2.36. The maximum absolute atomic E-state index is 10.6. The van der Waals surface area contributed by atoms with Crippen LogP contribution in [-0.4, -0.2) is 53.6 Å². The van der Waals surface area contributed by atoms with Crippen LogP contribution in [0.5, 0.6) is 0 Å². The summed E-state index contributed by atoms with van der Waals surface area (Å²) in [5.74, 6) is -0.758. The number of benzene rings is 1. The molecule has 0 spiro atoms. The summed E-state index contributed by atoms with van der Waals surface area (Å²) in [6.45, 7) is 3.82. The van der Waals surface area contributed by atoms with Gasteiger partial charge in [0.2, 0.25) is 0 Å². The second kappa shape index (κ2) is 7.04. The number of hydrogen-bond acceptors (Lipinski definition) is 4. The van der Waals surface area contributed by atoms with Gasteiger partial charge < -0.3 is 10.0 Å². The summed E-state index contributed by atoms with van der Waals surface area (Å²) in [5, 5.41) is 18.1. The van der Waals surface area contributed by atoms with Crippen molar-refractivity contribution < 1.29 is 9.90 Å². The second-order valence-corrected chi connectivity index (χ2v) is 4.96. The summed E-state index contributed by atoms with van der Waals surface area (Å²) in [6, 6.07) is 12.0. The quantitative estimate of drug-likeness (QED) is 0.877. The number of nitrogens with zero attached hydrogens (tertiary/aromatic N) is 3. The van der Waals surface area contributed by atoms with E-state index in [1.807, 2.05) is 30.3 Å². The van der Waals surface area contributed by atoms with Crippen LogP contribution in [0.1, 0.15) is 18.0 Å². The zero-order valence-corrected chi connectivity index (χ0v) is 11.4. The van der Waals surface area contributed by atoms with Gasteiger partial charge in [-0.2, -0.15) is 5.26 Å². The van der Waals surface area contributed by atoms with Gasteiger partial charge in [-0.05, 0) is 5.56 Å². The molecule has 1 saturated heterocycles. The molecule has 0 bridgehead atoms. The van der Waals surface area contributed by atoms with E-state index in [9.17, 15) is 10.1 Å². The topological polar surface area (TPSA) is 67.6 Å². The zero-order chi connectivity index (χ0) is 14.4. The van der Waals surface area contributed by atoms with Crippen molar-refractivity contribution in [2.24, 2.45) is 0 Å². The van der Waals surface area contributed by atoms with Crippen LogP contribution in [0.25, 0.3) is 0 Å². The Morgan fingerprint density at radius 2 is 1.90 bits per heavy atom. The Hall–Kier alpha value is -1.90. The number of carboxylic acid groups (broad SMARTS) is 1. The van der Waals surface area contributed by atoms with Gasteiger partial charge in [0.05, 0.1) is 12.5 Å². The summed E-state index contributed by atoms with van der Waals surface area (Å²) >= 11 is 0. The maximum atomic E-state index is 10.6. The van der Waals surface area contributed by atoms with Crippen molar-refractivity contribution in [2.45, 2.75) is 12.5 Å². The lowest BCUT2D eigenvalue weighted by molar-refractivity contribution is -0.137. The van der Waals surface area contributed by atoms with Crippen LogP contribution in [0.15, 0.2) is 30.3 Å². The molecule has 5 nitrogen and oxygen atoms in total. The third kappa shape index (κ3) is 3.80. The number of nitriles is 1. The zero-order valence-electron chi connectivity index (χ0n) is 11.4. The van der Waals surface area contributed by atoms with Crippen molar-refractivity contribution in [3.05, 3.63) is 35.9 Å². The molecule has 1 fully saturated rings. The van der Waals surface area contributed by atoms with Gasteiger partial charge in [-0.1, -0.05) is 30.3 Å². The van der Waals surface area contributed by atoms with E-state index in [1.165, 1.54) is 0 Å². The molecule has 1 heterocycles. The van der Waals surface area contributed by atoms with Gasteiger partial charge in [0, 0.05) is 32.7 Å². The molecule has 0 amide bonds. The van der Waals surface area contributed by atoms with Crippen molar-refractivity contribution in [1.29, 1.82) is 5.26 Å². The Morgan fingerprint density at radius 3 is 2.45 bits per heavy atom. The van der Waals surface area contributed by atoms with E-state index < -0.39 is 5.97 Å². The molecule has 1 N–H and O–H groups in total. The highest BCUT2D eigenvalue weighted by Crippen LogP contribution is 2.21. The molecule has 1 aliphatic heterocycles. The molecule has 1 aromatic carbocycles. The van der Waals surface area contributed by atoms with Crippen LogP contribution in [0, 0.1) is 11.3 Å². The lowest BCUT2D eigenvalue weighted by Crippen LogP contribution is -2.47. The maximum Gasteiger partial charge on any atom is 0.304 e. The first-order valence-electron chi connectivity index (χ1n) is 6.83. The van der Waals surface area contributed by atoms with Crippen molar-refractivity contribution in [3.63, 3.8) is 0 Å². The van der Waals surface area contributed by atoms with Crippen molar-refractivity contribution in [3.8, 4) is 6.07 Å². The highest BCUT2D eigenvalue weighted by molar-refractivity contribution is 5.66. The minimum absolute atomic E-state index is 0.181. The summed E-state index contributed by atoms with van der Waals surface area (Å²) in [4.78, 5) is 14.9.